The zero-order valence-electron chi connectivity index (χ0n) is 14.7. The number of anilines is 1. The van der Waals surface area contributed by atoms with Crippen LogP contribution in [0.1, 0.15) is 18.1 Å². The second kappa shape index (κ2) is 8.58. The van der Waals surface area contributed by atoms with Gasteiger partial charge in [-0.1, -0.05) is 18.2 Å². The minimum Gasteiger partial charge on any atom is -0.378 e. The Hall–Kier alpha value is -2.73. The Balaban J connectivity index is 1.64. The number of carbonyl (C=O) groups excluding carboxylic acids is 1. The molecular formula is C20H22FN3O2. The first kappa shape index (κ1) is 18.1. The van der Waals surface area contributed by atoms with Crippen LogP contribution in [-0.2, 0) is 16.1 Å². The van der Waals surface area contributed by atoms with Crippen molar-refractivity contribution >= 4 is 17.3 Å². The van der Waals surface area contributed by atoms with Crippen LogP contribution in [0.5, 0.6) is 0 Å². The third-order valence-electron chi connectivity index (χ3n) is 4.28. The van der Waals surface area contributed by atoms with Crippen molar-refractivity contribution in [2.24, 2.45) is 0 Å². The maximum Gasteiger partial charge on any atom is 0.244 e. The largest absolute Gasteiger partial charge is 0.378 e. The summed E-state index contributed by atoms with van der Waals surface area (Å²) in [5.74, 6) is 0.400. The Morgan fingerprint density at radius 1 is 1.27 bits per heavy atom. The molecule has 1 amide bonds. The average Bonchev–Trinajstić information content (AvgIpc) is 2.68. The number of carbonyl (C=O) groups is 1. The van der Waals surface area contributed by atoms with Crippen LogP contribution in [0, 0.1) is 5.82 Å². The first-order chi connectivity index (χ1) is 12.6. The van der Waals surface area contributed by atoms with Crippen LogP contribution in [-0.4, -0.2) is 37.2 Å². The second-order valence-corrected chi connectivity index (χ2v) is 6.14. The van der Waals surface area contributed by atoms with Gasteiger partial charge in [0.2, 0.25) is 5.91 Å². The standard InChI is InChI=1S/C20H22FN3O2/c1-15(16-4-6-18(21)7-5-16)13-19(25)23-14-17-3-2-8-22-20(17)24-9-11-26-12-10-24/h2-8,13H,9-12,14H2,1H3,(H,23,25)/b15-13-. The maximum absolute atomic E-state index is 13.0. The quantitative estimate of drug-likeness (QED) is 0.838. The molecule has 1 aromatic heterocycles. The highest BCUT2D eigenvalue weighted by atomic mass is 19.1. The van der Waals surface area contributed by atoms with Crippen LogP contribution in [0.15, 0.2) is 48.7 Å². The van der Waals surface area contributed by atoms with Crippen LogP contribution >= 0.6 is 0 Å². The Labute approximate surface area is 152 Å². The molecule has 26 heavy (non-hydrogen) atoms. The smallest absolute Gasteiger partial charge is 0.244 e. The Morgan fingerprint density at radius 3 is 2.73 bits per heavy atom. The fourth-order valence-corrected chi connectivity index (χ4v) is 2.85. The lowest BCUT2D eigenvalue weighted by Crippen LogP contribution is -2.37. The number of ether oxygens (including phenoxy) is 1. The topological polar surface area (TPSA) is 54.5 Å². The van der Waals surface area contributed by atoms with Crippen LogP contribution in [0.25, 0.3) is 5.57 Å². The maximum atomic E-state index is 13.0. The number of benzene rings is 1. The normalized spacial score (nSPS) is 15.0. The molecular weight excluding hydrogens is 333 g/mol. The fraction of sp³-hybridized carbons (Fsp3) is 0.300. The molecule has 1 aromatic carbocycles. The molecule has 1 N–H and O–H groups in total. The first-order valence-corrected chi connectivity index (χ1v) is 8.62. The van der Waals surface area contributed by atoms with Crippen molar-refractivity contribution < 1.29 is 13.9 Å². The van der Waals surface area contributed by atoms with Crippen LogP contribution in [0.2, 0.25) is 0 Å². The number of allylic oxidation sites excluding steroid dienone is 1. The van der Waals surface area contributed by atoms with Gasteiger partial charge < -0.3 is 15.0 Å². The molecule has 0 radical (unpaired) electrons. The van der Waals surface area contributed by atoms with Gasteiger partial charge in [0.1, 0.15) is 11.6 Å². The third kappa shape index (κ3) is 4.67. The summed E-state index contributed by atoms with van der Waals surface area (Å²) in [6.07, 6.45) is 3.28. The summed E-state index contributed by atoms with van der Waals surface area (Å²) >= 11 is 0. The minimum absolute atomic E-state index is 0.191. The van der Waals surface area contributed by atoms with Crippen LogP contribution < -0.4 is 10.2 Å². The van der Waals surface area contributed by atoms with Gasteiger partial charge in [-0.25, -0.2) is 9.37 Å². The number of rotatable bonds is 5. The van der Waals surface area contributed by atoms with Gasteiger partial charge in [0.25, 0.3) is 0 Å². The summed E-state index contributed by atoms with van der Waals surface area (Å²) < 4.78 is 18.4. The lowest BCUT2D eigenvalue weighted by Gasteiger charge is -2.29. The lowest BCUT2D eigenvalue weighted by molar-refractivity contribution is -0.116. The summed E-state index contributed by atoms with van der Waals surface area (Å²) in [6.45, 7) is 5.18. The molecule has 1 aliphatic rings. The zero-order valence-corrected chi connectivity index (χ0v) is 14.7. The number of nitrogens with zero attached hydrogens (tertiary/aromatic N) is 2. The monoisotopic (exact) mass is 355 g/mol. The SMILES string of the molecule is C/C(=C/C(=O)NCc1cccnc1N1CCOCC1)c1ccc(F)cc1. The van der Waals surface area contributed by atoms with Gasteiger partial charge in [-0.05, 0) is 36.3 Å². The van der Waals surface area contributed by atoms with Gasteiger partial charge in [-0.15, -0.1) is 0 Å². The van der Waals surface area contributed by atoms with E-state index in [2.05, 4.69) is 15.2 Å². The molecule has 0 saturated carbocycles. The highest BCUT2D eigenvalue weighted by molar-refractivity contribution is 5.94. The minimum atomic E-state index is -0.293. The second-order valence-electron chi connectivity index (χ2n) is 6.14. The van der Waals surface area contributed by atoms with Gasteiger partial charge in [-0.2, -0.15) is 0 Å². The Morgan fingerprint density at radius 2 is 2.00 bits per heavy atom. The highest BCUT2D eigenvalue weighted by Crippen LogP contribution is 2.18. The first-order valence-electron chi connectivity index (χ1n) is 8.62. The molecule has 2 heterocycles. The molecule has 0 unspecified atom stereocenters. The van der Waals surface area contributed by atoms with Crippen molar-refractivity contribution in [1.29, 1.82) is 0 Å². The van der Waals surface area contributed by atoms with Gasteiger partial charge in [0.05, 0.1) is 13.2 Å². The Bertz CT molecular complexity index is 784. The number of aromatic nitrogens is 1. The van der Waals surface area contributed by atoms with E-state index in [1.54, 1.807) is 18.3 Å². The van der Waals surface area contributed by atoms with E-state index < -0.39 is 0 Å². The van der Waals surface area contributed by atoms with E-state index in [9.17, 15) is 9.18 Å². The molecule has 0 bridgehead atoms. The fourth-order valence-electron chi connectivity index (χ4n) is 2.85. The van der Waals surface area contributed by atoms with E-state index in [1.807, 2.05) is 19.1 Å². The van der Waals surface area contributed by atoms with Crippen molar-refractivity contribution in [2.75, 3.05) is 31.2 Å². The molecule has 1 fully saturated rings. The number of hydrogen-bond acceptors (Lipinski definition) is 4. The van der Waals surface area contributed by atoms with Crippen molar-refractivity contribution in [2.45, 2.75) is 13.5 Å². The third-order valence-corrected chi connectivity index (χ3v) is 4.28. The highest BCUT2D eigenvalue weighted by Gasteiger charge is 2.15. The van der Waals surface area contributed by atoms with E-state index in [0.717, 1.165) is 35.6 Å². The van der Waals surface area contributed by atoms with Gasteiger partial charge in [-0.3, -0.25) is 4.79 Å². The summed E-state index contributed by atoms with van der Waals surface area (Å²) in [7, 11) is 0. The molecule has 5 nitrogen and oxygen atoms in total. The van der Waals surface area contributed by atoms with Crippen LogP contribution in [0.3, 0.4) is 0 Å². The van der Waals surface area contributed by atoms with Crippen molar-refractivity contribution in [1.82, 2.24) is 10.3 Å². The van der Waals surface area contributed by atoms with Crippen LogP contribution in [0.4, 0.5) is 10.2 Å². The number of pyridine rings is 1. The van der Waals surface area contributed by atoms with Crippen molar-refractivity contribution in [3.63, 3.8) is 0 Å². The zero-order chi connectivity index (χ0) is 18.4. The summed E-state index contributed by atoms with van der Waals surface area (Å²) in [4.78, 5) is 18.9. The number of hydrogen-bond donors (Lipinski definition) is 1. The van der Waals surface area contributed by atoms with Gasteiger partial charge in [0.15, 0.2) is 0 Å². The summed E-state index contributed by atoms with van der Waals surface area (Å²) in [5, 5.41) is 2.90. The van der Waals surface area contributed by atoms with E-state index in [4.69, 9.17) is 4.74 Å². The summed E-state index contributed by atoms with van der Waals surface area (Å²) in [6, 6.07) is 9.92. The molecule has 3 rings (SSSR count). The molecule has 6 heteroatoms. The predicted molar refractivity (Wildman–Crippen MR) is 99.2 cm³/mol. The van der Waals surface area contributed by atoms with E-state index in [1.165, 1.54) is 18.2 Å². The van der Waals surface area contributed by atoms with Crippen molar-refractivity contribution in [3.05, 3.63) is 65.6 Å². The van der Waals surface area contributed by atoms with Gasteiger partial charge >= 0.3 is 0 Å². The van der Waals surface area contributed by atoms with Gasteiger partial charge in [0, 0.05) is 37.5 Å². The predicted octanol–water partition coefficient (Wildman–Crippen LogP) is 2.78. The molecule has 2 aromatic rings. The molecule has 0 aliphatic carbocycles. The lowest BCUT2D eigenvalue weighted by atomic mass is 10.1. The molecule has 0 spiro atoms. The van der Waals surface area contributed by atoms with E-state index in [-0.39, 0.29) is 11.7 Å². The molecule has 1 aliphatic heterocycles. The Kier molecular flexibility index (Phi) is 5.96. The molecule has 136 valence electrons. The van der Waals surface area contributed by atoms with Crippen molar-refractivity contribution in [3.8, 4) is 0 Å². The number of morpholine rings is 1. The summed E-state index contributed by atoms with van der Waals surface area (Å²) in [5.41, 5.74) is 2.56. The number of halogens is 1. The molecule has 1 saturated heterocycles. The van der Waals surface area contributed by atoms with E-state index >= 15 is 0 Å². The van der Waals surface area contributed by atoms with E-state index in [0.29, 0.717) is 19.8 Å². The average molecular weight is 355 g/mol. The number of amides is 1. The number of nitrogens with one attached hydrogen (secondary N) is 1. The molecule has 0 atom stereocenters.